The van der Waals surface area contributed by atoms with E-state index in [1.165, 1.54) is 6.92 Å². The topological polar surface area (TPSA) is 81.7 Å². The normalized spacial score (nSPS) is 10.8. The number of nitrogens with one attached hydrogen (secondary N) is 1. The molecule has 6 nitrogen and oxygen atoms in total. The van der Waals surface area contributed by atoms with Crippen molar-refractivity contribution in [2.75, 3.05) is 18.5 Å². The van der Waals surface area contributed by atoms with Crippen LogP contribution in [0.15, 0.2) is 42.5 Å². The van der Waals surface area contributed by atoms with Gasteiger partial charge in [0.15, 0.2) is 19.0 Å². The largest absolute Gasteiger partial charge is 0.482 e. The van der Waals surface area contributed by atoms with Crippen molar-refractivity contribution in [1.29, 1.82) is 0 Å². The molecule has 160 valence electrons. The minimum Gasteiger partial charge on any atom is -0.482 e. The summed E-state index contributed by atoms with van der Waals surface area (Å²) in [6, 6.07) is 12.5. The number of carbonyl (C=O) groups is 3. The van der Waals surface area contributed by atoms with Crippen molar-refractivity contribution in [3.05, 3.63) is 59.2 Å². The summed E-state index contributed by atoms with van der Waals surface area (Å²) >= 11 is 0. The van der Waals surface area contributed by atoms with Gasteiger partial charge in [0.25, 0.3) is 5.91 Å². The summed E-state index contributed by atoms with van der Waals surface area (Å²) in [5.41, 5.74) is 3.34. The lowest BCUT2D eigenvalue weighted by Gasteiger charge is -2.20. The predicted octanol–water partition coefficient (Wildman–Crippen LogP) is 4.70. The second-order valence-corrected chi connectivity index (χ2v) is 7.70. The summed E-state index contributed by atoms with van der Waals surface area (Å²) < 4.78 is 10.4. The maximum absolute atomic E-state index is 12.4. The molecule has 30 heavy (non-hydrogen) atoms. The van der Waals surface area contributed by atoms with Gasteiger partial charge in [-0.2, -0.15) is 0 Å². The fraction of sp³-hybridized carbons (Fsp3) is 0.375. The molecule has 0 spiro atoms. The van der Waals surface area contributed by atoms with Gasteiger partial charge in [0.2, 0.25) is 0 Å². The molecule has 0 atom stereocenters. The van der Waals surface area contributed by atoms with Crippen LogP contribution in [0.25, 0.3) is 0 Å². The zero-order chi connectivity index (χ0) is 22.3. The van der Waals surface area contributed by atoms with Gasteiger partial charge in [0.1, 0.15) is 5.75 Å². The van der Waals surface area contributed by atoms with E-state index in [0.29, 0.717) is 11.3 Å². The number of benzene rings is 2. The smallest absolute Gasteiger partial charge is 0.344 e. The summed E-state index contributed by atoms with van der Waals surface area (Å²) in [6.45, 7) is 8.95. The summed E-state index contributed by atoms with van der Waals surface area (Å²) in [6.07, 6.45) is 0. The van der Waals surface area contributed by atoms with Crippen molar-refractivity contribution < 1.29 is 23.9 Å². The summed E-state index contributed by atoms with van der Waals surface area (Å²) in [4.78, 5) is 35.7. The third kappa shape index (κ3) is 6.44. The number of amides is 1. The number of anilines is 1. The third-order valence-corrected chi connectivity index (χ3v) is 4.60. The SMILES string of the molecule is CC(=O)c1cccc(OCC(=O)OCC(=O)Nc2c(C(C)C)cccc2C(C)C)c1. The van der Waals surface area contributed by atoms with E-state index >= 15 is 0 Å². The monoisotopic (exact) mass is 411 g/mol. The molecular weight excluding hydrogens is 382 g/mol. The molecule has 1 amide bonds. The Morgan fingerprint density at radius 2 is 1.50 bits per heavy atom. The minimum atomic E-state index is -0.667. The summed E-state index contributed by atoms with van der Waals surface area (Å²) in [7, 11) is 0. The quantitative estimate of drug-likeness (QED) is 0.478. The third-order valence-electron chi connectivity index (χ3n) is 4.60. The van der Waals surface area contributed by atoms with Crippen LogP contribution in [0.4, 0.5) is 5.69 Å². The standard InChI is InChI=1S/C24H29NO5/c1-15(2)20-10-7-11-21(16(3)4)24(20)25-22(27)13-30-23(28)14-29-19-9-6-8-18(12-19)17(5)26/h6-12,15-16H,13-14H2,1-5H3,(H,25,27). The first-order valence-electron chi connectivity index (χ1n) is 10.0. The number of esters is 1. The Morgan fingerprint density at radius 3 is 2.07 bits per heavy atom. The summed E-state index contributed by atoms with van der Waals surface area (Å²) in [5.74, 6) is -0.309. The zero-order valence-corrected chi connectivity index (χ0v) is 18.2. The molecule has 0 bridgehead atoms. The van der Waals surface area contributed by atoms with Gasteiger partial charge in [-0.05, 0) is 42.0 Å². The van der Waals surface area contributed by atoms with Gasteiger partial charge < -0.3 is 14.8 Å². The van der Waals surface area contributed by atoms with E-state index in [1.54, 1.807) is 24.3 Å². The molecule has 0 aliphatic rings. The Kier molecular flexibility index (Phi) is 8.16. The average Bonchev–Trinajstić information content (AvgIpc) is 2.70. The molecule has 0 unspecified atom stereocenters. The van der Waals surface area contributed by atoms with Gasteiger partial charge in [0.05, 0.1) is 0 Å². The van der Waals surface area contributed by atoms with Crippen LogP contribution >= 0.6 is 0 Å². The molecule has 0 aromatic heterocycles. The van der Waals surface area contributed by atoms with Crippen LogP contribution in [0.1, 0.15) is 67.9 Å². The van der Waals surface area contributed by atoms with Gasteiger partial charge in [-0.1, -0.05) is 58.0 Å². The number of Topliss-reactive ketones (excluding diaryl/α,β-unsaturated/α-hetero) is 1. The average molecular weight is 411 g/mol. The second kappa shape index (κ2) is 10.6. The molecule has 0 aliphatic carbocycles. The van der Waals surface area contributed by atoms with E-state index in [0.717, 1.165) is 16.8 Å². The Hall–Kier alpha value is -3.15. The molecule has 0 saturated heterocycles. The highest BCUT2D eigenvalue weighted by Crippen LogP contribution is 2.32. The van der Waals surface area contributed by atoms with E-state index in [2.05, 4.69) is 33.0 Å². The molecule has 0 radical (unpaired) electrons. The lowest BCUT2D eigenvalue weighted by Crippen LogP contribution is -2.24. The van der Waals surface area contributed by atoms with Crippen molar-refractivity contribution in [2.24, 2.45) is 0 Å². The van der Waals surface area contributed by atoms with Gasteiger partial charge in [0, 0.05) is 11.3 Å². The van der Waals surface area contributed by atoms with Gasteiger partial charge in [-0.25, -0.2) is 4.79 Å². The second-order valence-electron chi connectivity index (χ2n) is 7.70. The molecule has 2 aromatic carbocycles. The number of ether oxygens (including phenoxy) is 2. The maximum Gasteiger partial charge on any atom is 0.344 e. The number of rotatable bonds is 9. The maximum atomic E-state index is 12.4. The van der Waals surface area contributed by atoms with Crippen LogP contribution in [0.5, 0.6) is 5.75 Å². The van der Waals surface area contributed by atoms with Crippen molar-refractivity contribution >= 4 is 23.3 Å². The van der Waals surface area contributed by atoms with Crippen molar-refractivity contribution in [1.82, 2.24) is 0 Å². The number of hydrogen-bond donors (Lipinski definition) is 1. The van der Waals surface area contributed by atoms with Crippen LogP contribution < -0.4 is 10.1 Å². The van der Waals surface area contributed by atoms with Crippen LogP contribution in [-0.2, 0) is 14.3 Å². The number of ketones is 1. The molecule has 0 aliphatic heterocycles. The van der Waals surface area contributed by atoms with Gasteiger partial charge in [-0.3, -0.25) is 9.59 Å². The van der Waals surface area contributed by atoms with Gasteiger partial charge in [-0.15, -0.1) is 0 Å². The molecule has 1 N–H and O–H groups in total. The molecule has 2 rings (SSSR count). The van der Waals surface area contributed by atoms with E-state index in [9.17, 15) is 14.4 Å². The van der Waals surface area contributed by atoms with E-state index in [1.807, 2.05) is 18.2 Å². The Morgan fingerprint density at radius 1 is 0.900 bits per heavy atom. The lowest BCUT2D eigenvalue weighted by molar-refractivity contribution is -0.149. The van der Waals surface area contributed by atoms with E-state index < -0.39 is 18.5 Å². The van der Waals surface area contributed by atoms with Crippen molar-refractivity contribution in [2.45, 2.75) is 46.5 Å². The number of para-hydroxylation sites is 1. The number of carbonyl (C=O) groups excluding carboxylic acids is 3. The molecule has 0 fully saturated rings. The molecular formula is C24H29NO5. The predicted molar refractivity (Wildman–Crippen MR) is 116 cm³/mol. The first-order chi connectivity index (χ1) is 14.2. The van der Waals surface area contributed by atoms with E-state index in [4.69, 9.17) is 9.47 Å². The first-order valence-corrected chi connectivity index (χ1v) is 10.0. The number of hydrogen-bond acceptors (Lipinski definition) is 5. The van der Waals surface area contributed by atoms with Crippen LogP contribution in [-0.4, -0.2) is 30.9 Å². The first kappa shape index (κ1) is 23.1. The van der Waals surface area contributed by atoms with Crippen molar-refractivity contribution in [3.63, 3.8) is 0 Å². The van der Waals surface area contributed by atoms with Crippen LogP contribution in [0.3, 0.4) is 0 Å². The summed E-state index contributed by atoms with van der Waals surface area (Å²) in [5, 5.41) is 2.90. The highest BCUT2D eigenvalue weighted by molar-refractivity contribution is 5.95. The Balaban J connectivity index is 1.93. The molecule has 0 heterocycles. The Labute approximate surface area is 177 Å². The fourth-order valence-corrected chi connectivity index (χ4v) is 3.01. The fourth-order valence-electron chi connectivity index (χ4n) is 3.01. The molecule has 6 heteroatoms. The van der Waals surface area contributed by atoms with E-state index in [-0.39, 0.29) is 24.2 Å². The molecule has 2 aromatic rings. The highest BCUT2D eigenvalue weighted by atomic mass is 16.6. The minimum absolute atomic E-state index is 0.0952. The highest BCUT2D eigenvalue weighted by Gasteiger charge is 2.17. The van der Waals surface area contributed by atoms with Crippen molar-refractivity contribution in [3.8, 4) is 5.75 Å². The zero-order valence-electron chi connectivity index (χ0n) is 18.2. The van der Waals surface area contributed by atoms with Gasteiger partial charge >= 0.3 is 5.97 Å². The lowest BCUT2D eigenvalue weighted by atomic mass is 9.92. The Bertz CT molecular complexity index is 891. The van der Waals surface area contributed by atoms with Crippen LogP contribution in [0.2, 0.25) is 0 Å². The molecule has 0 saturated carbocycles. The van der Waals surface area contributed by atoms with Crippen LogP contribution in [0, 0.1) is 0 Å².